The van der Waals surface area contributed by atoms with E-state index in [0.717, 1.165) is 50.4 Å². The Labute approximate surface area is 118 Å². The second-order valence-electron chi connectivity index (χ2n) is 5.28. The Balaban J connectivity index is 1.72. The summed E-state index contributed by atoms with van der Waals surface area (Å²) in [5.74, 6) is 1.93. The van der Waals surface area contributed by atoms with E-state index in [1.54, 1.807) is 0 Å². The van der Waals surface area contributed by atoms with Gasteiger partial charge in [-0.05, 0) is 25.2 Å². The average molecular weight is 286 g/mol. The monoisotopic (exact) mass is 286 g/mol. The number of nitrogens with zero attached hydrogens (tertiary/aromatic N) is 1. The molecule has 5 nitrogen and oxygen atoms in total. The van der Waals surface area contributed by atoms with E-state index in [9.17, 15) is 9.59 Å². The molecule has 6 heteroatoms. The van der Waals surface area contributed by atoms with Crippen LogP contribution in [-0.2, 0) is 9.59 Å². The van der Waals surface area contributed by atoms with Crippen LogP contribution in [-0.4, -0.2) is 59.1 Å². The van der Waals surface area contributed by atoms with Crippen LogP contribution in [0.15, 0.2) is 0 Å². The van der Waals surface area contributed by atoms with Crippen molar-refractivity contribution in [3.05, 3.63) is 0 Å². The highest BCUT2D eigenvalue weighted by Gasteiger charge is 2.29. The summed E-state index contributed by atoms with van der Waals surface area (Å²) in [6, 6.07) is -0.0191. The molecule has 0 bridgehead atoms. The Bertz CT molecular complexity index is 324. The molecule has 2 aliphatic heterocycles. The maximum Gasteiger partial charge on any atom is 0.303 e. The largest absolute Gasteiger partial charge is 0.481 e. The van der Waals surface area contributed by atoms with Crippen LogP contribution in [0.4, 0.5) is 0 Å². The number of thioether (sulfide) groups is 1. The van der Waals surface area contributed by atoms with E-state index in [2.05, 4.69) is 5.32 Å². The van der Waals surface area contributed by atoms with Crippen LogP contribution in [0.3, 0.4) is 0 Å². The number of hydrogen-bond acceptors (Lipinski definition) is 4. The summed E-state index contributed by atoms with van der Waals surface area (Å²) in [5, 5.41) is 12.0. The topological polar surface area (TPSA) is 69.6 Å². The number of piperidine rings is 1. The third-order valence-electron chi connectivity index (χ3n) is 3.91. The summed E-state index contributed by atoms with van der Waals surface area (Å²) in [5.41, 5.74) is 0. The molecule has 0 saturated carbocycles. The molecule has 0 aromatic rings. The Morgan fingerprint density at radius 3 is 2.63 bits per heavy atom. The Morgan fingerprint density at radius 1 is 1.32 bits per heavy atom. The fourth-order valence-electron chi connectivity index (χ4n) is 2.71. The average Bonchev–Trinajstić information content (AvgIpc) is 2.46. The van der Waals surface area contributed by atoms with Crippen LogP contribution in [0, 0.1) is 5.92 Å². The summed E-state index contributed by atoms with van der Waals surface area (Å²) in [6.07, 6.45) is 2.88. The minimum atomic E-state index is -0.720. The van der Waals surface area contributed by atoms with Gasteiger partial charge in [0.25, 0.3) is 0 Å². The number of rotatable bonds is 4. The highest BCUT2D eigenvalue weighted by Crippen LogP contribution is 2.23. The second kappa shape index (κ2) is 7.14. The fraction of sp³-hybridized carbons (Fsp3) is 0.846. The zero-order chi connectivity index (χ0) is 13.7. The van der Waals surface area contributed by atoms with Crippen LogP contribution in [0.2, 0.25) is 0 Å². The molecule has 0 aromatic heterocycles. The molecule has 19 heavy (non-hydrogen) atoms. The lowest BCUT2D eigenvalue weighted by Gasteiger charge is -2.35. The molecule has 1 atom stereocenters. The molecule has 0 aliphatic carbocycles. The van der Waals surface area contributed by atoms with Crippen molar-refractivity contribution in [1.82, 2.24) is 10.2 Å². The molecule has 2 aliphatic rings. The van der Waals surface area contributed by atoms with Gasteiger partial charge in [0.05, 0.1) is 6.04 Å². The molecule has 0 aromatic carbocycles. The number of aliphatic carboxylic acids is 1. The molecule has 0 radical (unpaired) electrons. The third kappa shape index (κ3) is 4.38. The van der Waals surface area contributed by atoms with Gasteiger partial charge in [0.1, 0.15) is 0 Å². The number of carboxylic acids is 1. The van der Waals surface area contributed by atoms with Crippen LogP contribution in [0.5, 0.6) is 0 Å². The van der Waals surface area contributed by atoms with Crippen molar-refractivity contribution in [2.24, 2.45) is 5.92 Å². The van der Waals surface area contributed by atoms with Crippen molar-refractivity contribution in [3.8, 4) is 0 Å². The first-order chi connectivity index (χ1) is 9.16. The Morgan fingerprint density at radius 2 is 2.05 bits per heavy atom. The maximum absolute atomic E-state index is 12.3. The van der Waals surface area contributed by atoms with Gasteiger partial charge in [-0.25, -0.2) is 0 Å². The number of hydrogen-bond donors (Lipinski definition) is 2. The molecule has 2 fully saturated rings. The summed E-state index contributed by atoms with van der Waals surface area (Å²) >= 11 is 1.83. The van der Waals surface area contributed by atoms with Gasteiger partial charge in [-0.1, -0.05) is 0 Å². The van der Waals surface area contributed by atoms with Crippen molar-refractivity contribution in [3.63, 3.8) is 0 Å². The predicted octanol–water partition coefficient (Wildman–Crippen LogP) is 0.795. The molecule has 2 heterocycles. The molecule has 108 valence electrons. The van der Waals surface area contributed by atoms with Crippen molar-refractivity contribution in [2.75, 3.05) is 31.1 Å². The molecule has 0 spiro atoms. The fourth-order valence-corrected chi connectivity index (χ4v) is 3.64. The number of carbonyl (C=O) groups is 2. The number of amides is 1. The second-order valence-corrected chi connectivity index (χ2v) is 6.43. The standard InChI is InChI=1S/C13H22N2O3S/c16-12(17)2-1-10-3-6-15(7-4-10)13(18)11-9-19-8-5-14-11/h10-11,14H,1-9H2,(H,16,17). The van der Waals surface area contributed by atoms with Gasteiger partial charge in [0.15, 0.2) is 0 Å². The smallest absolute Gasteiger partial charge is 0.303 e. The molecule has 1 unspecified atom stereocenters. The van der Waals surface area contributed by atoms with Gasteiger partial charge in [0.2, 0.25) is 5.91 Å². The lowest BCUT2D eigenvalue weighted by Crippen LogP contribution is -2.52. The molecular weight excluding hydrogens is 264 g/mol. The van der Waals surface area contributed by atoms with E-state index >= 15 is 0 Å². The lowest BCUT2D eigenvalue weighted by molar-refractivity contribution is -0.138. The van der Waals surface area contributed by atoms with Crippen molar-refractivity contribution >= 4 is 23.6 Å². The van der Waals surface area contributed by atoms with E-state index in [0.29, 0.717) is 5.92 Å². The quantitative estimate of drug-likeness (QED) is 0.800. The highest BCUT2D eigenvalue weighted by molar-refractivity contribution is 7.99. The van der Waals surface area contributed by atoms with Gasteiger partial charge >= 0.3 is 5.97 Å². The zero-order valence-corrected chi connectivity index (χ0v) is 12.0. The van der Waals surface area contributed by atoms with Crippen molar-refractivity contribution < 1.29 is 14.7 Å². The van der Waals surface area contributed by atoms with Crippen molar-refractivity contribution in [1.29, 1.82) is 0 Å². The van der Waals surface area contributed by atoms with Crippen molar-refractivity contribution in [2.45, 2.75) is 31.7 Å². The van der Waals surface area contributed by atoms with Gasteiger partial charge < -0.3 is 15.3 Å². The zero-order valence-electron chi connectivity index (χ0n) is 11.1. The normalized spacial score (nSPS) is 25.3. The van der Waals surface area contributed by atoms with Gasteiger partial charge in [-0.15, -0.1) is 0 Å². The highest BCUT2D eigenvalue weighted by atomic mass is 32.2. The first-order valence-corrected chi connectivity index (χ1v) is 8.14. The van der Waals surface area contributed by atoms with Crippen LogP contribution in [0.1, 0.15) is 25.7 Å². The predicted molar refractivity (Wildman–Crippen MR) is 75.3 cm³/mol. The molecule has 2 saturated heterocycles. The number of likely N-dealkylation sites (tertiary alicyclic amines) is 1. The van der Waals surface area contributed by atoms with Crippen LogP contribution >= 0.6 is 11.8 Å². The number of carbonyl (C=O) groups excluding carboxylic acids is 1. The Hall–Kier alpha value is -0.750. The van der Waals surface area contributed by atoms with E-state index in [1.165, 1.54) is 0 Å². The molecule has 2 rings (SSSR count). The SMILES string of the molecule is O=C(O)CCC1CCN(C(=O)C2CSCCN2)CC1. The third-order valence-corrected chi connectivity index (χ3v) is 4.97. The summed E-state index contributed by atoms with van der Waals surface area (Å²) in [7, 11) is 0. The first-order valence-electron chi connectivity index (χ1n) is 6.98. The number of carboxylic acid groups (broad SMARTS) is 1. The Kier molecular flexibility index (Phi) is 5.51. The maximum atomic E-state index is 12.3. The molecule has 2 N–H and O–H groups in total. The minimum Gasteiger partial charge on any atom is -0.481 e. The van der Waals surface area contributed by atoms with E-state index in [1.807, 2.05) is 16.7 Å². The van der Waals surface area contributed by atoms with Gasteiger partial charge in [-0.3, -0.25) is 9.59 Å². The minimum absolute atomic E-state index is 0.0191. The van der Waals surface area contributed by atoms with Crippen LogP contribution in [0.25, 0.3) is 0 Å². The van der Waals surface area contributed by atoms with Crippen LogP contribution < -0.4 is 5.32 Å². The van der Waals surface area contributed by atoms with Gasteiger partial charge in [-0.2, -0.15) is 11.8 Å². The van der Waals surface area contributed by atoms with E-state index < -0.39 is 5.97 Å². The summed E-state index contributed by atoms with van der Waals surface area (Å²) in [6.45, 7) is 2.48. The lowest BCUT2D eigenvalue weighted by atomic mass is 9.92. The first kappa shape index (κ1) is 14.7. The number of nitrogens with one attached hydrogen (secondary N) is 1. The summed E-state index contributed by atoms with van der Waals surface area (Å²) < 4.78 is 0. The molecule has 1 amide bonds. The van der Waals surface area contributed by atoms with E-state index in [4.69, 9.17) is 5.11 Å². The molecular formula is C13H22N2O3S. The van der Waals surface area contributed by atoms with Gasteiger partial charge in [0, 0.05) is 37.6 Å². The summed E-state index contributed by atoms with van der Waals surface area (Å²) in [4.78, 5) is 24.8. The van der Waals surface area contributed by atoms with E-state index in [-0.39, 0.29) is 18.4 Å².